The lowest BCUT2D eigenvalue weighted by molar-refractivity contribution is -0.134. The van der Waals surface area contributed by atoms with Crippen LogP contribution >= 0.6 is 0 Å². The number of hydrogen-bond donors (Lipinski definition) is 4. The Labute approximate surface area is 228 Å². The van der Waals surface area contributed by atoms with Gasteiger partial charge in [-0.1, -0.05) is 37.8 Å². The monoisotopic (exact) mass is 542 g/mol. The Morgan fingerprint density at radius 1 is 1.03 bits per heavy atom. The number of hydrogen-bond acceptors (Lipinski definition) is 7. The molecule has 3 fully saturated rings. The highest BCUT2D eigenvalue weighted by Gasteiger charge is 2.39. The second kappa shape index (κ2) is 13.1. The van der Waals surface area contributed by atoms with Crippen LogP contribution < -0.4 is 26.0 Å². The minimum absolute atomic E-state index is 0.0732. The van der Waals surface area contributed by atoms with Gasteiger partial charge < -0.3 is 30.7 Å². The maximum absolute atomic E-state index is 13.6. The van der Waals surface area contributed by atoms with Gasteiger partial charge in [0.25, 0.3) is 0 Å². The Morgan fingerprint density at radius 3 is 2.28 bits per heavy atom. The highest BCUT2D eigenvalue weighted by Crippen LogP contribution is 2.30. The van der Waals surface area contributed by atoms with Crippen molar-refractivity contribution in [1.29, 1.82) is 0 Å². The van der Waals surface area contributed by atoms with Crippen molar-refractivity contribution in [3.05, 3.63) is 29.8 Å². The maximum atomic E-state index is 13.6. The average Bonchev–Trinajstić information content (AvgIpc) is 3.47. The lowest BCUT2D eigenvalue weighted by atomic mass is 9.94. The molecule has 0 bridgehead atoms. The topological polar surface area (TPSA) is 155 Å². The summed E-state index contributed by atoms with van der Waals surface area (Å²) in [6.45, 7) is 2.11. The molecule has 4 rings (SSSR count). The first kappa shape index (κ1) is 28.5. The van der Waals surface area contributed by atoms with Gasteiger partial charge in [-0.2, -0.15) is 0 Å². The van der Waals surface area contributed by atoms with E-state index in [2.05, 4.69) is 21.3 Å². The zero-order chi connectivity index (χ0) is 27.9. The molecule has 2 heterocycles. The van der Waals surface area contributed by atoms with Gasteiger partial charge in [-0.3, -0.25) is 24.0 Å². The largest absolute Gasteiger partial charge is 0.497 e. The highest BCUT2D eigenvalue weighted by atomic mass is 16.6. The Morgan fingerprint density at radius 2 is 1.69 bits per heavy atom. The van der Waals surface area contributed by atoms with Crippen LogP contribution in [0.1, 0.15) is 51.0 Å². The van der Waals surface area contributed by atoms with Crippen LogP contribution in [0.4, 0.5) is 0 Å². The van der Waals surface area contributed by atoms with E-state index in [1.165, 1.54) is 6.92 Å². The van der Waals surface area contributed by atoms with Gasteiger partial charge >= 0.3 is 0 Å². The summed E-state index contributed by atoms with van der Waals surface area (Å²) in [5.41, 5.74) is 0.785. The van der Waals surface area contributed by atoms with Crippen LogP contribution in [0.25, 0.3) is 0 Å². The quantitative estimate of drug-likeness (QED) is 0.263. The summed E-state index contributed by atoms with van der Waals surface area (Å²) in [5, 5.41) is 10.9. The molecule has 1 saturated carbocycles. The second-order valence-electron chi connectivity index (χ2n) is 10.7. The summed E-state index contributed by atoms with van der Waals surface area (Å²) < 4.78 is 10.4. The highest BCUT2D eigenvalue weighted by molar-refractivity contribution is 5.97. The molecule has 2 aliphatic heterocycles. The van der Waals surface area contributed by atoms with Gasteiger partial charge in [0, 0.05) is 19.4 Å². The predicted molar refractivity (Wildman–Crippen MR) is 141 cm³/mol. The molecule has 1 aromatic rings. The van der Waals surface area contributed by atoms with E-state index in [-0.39, 0.29) is 31.1 Å². The van der Waals surface area contributed by atoms with Gasteiger partial charge in [0.2, 0.25) is 23.6 Å². The summed E-state index contributed by atoms with van der Waals surface area (Å²) in [6.07, 6.45) is 4.59. The number of nitrogens with one attached hydrogen (secondary N) is 4. The number of benzene rings is 1. The molecule has 2 saturated heterocycles. The molecular formula is C28H38N4O7. The van der Waals surface area contributed by atoms with Crippen molar-refractivity contribution in [2.75, 3.05) is 20.3 Å². The summed E-state index contributed by atoms with van der Waals surface area (Å²) >= 11 is 0. The zero-order valence-electron chi connectivity index (χ0n) is 22.5. The number of epoxide rings is 1. The molecule has 3 aliphatic rings. The molecule has 39 heavy (non-hydrogen) atoms. The van der Waals surface area contributed by atoms with Crippen LogP contribution in [0.2, 0.25) is 0 Å². The minimum Gasteiger partial charge on any atom is -0.497 e. The molecule has 11 heteroatoms. The molecule has 0 spiro atoms. The first-order valence-corrected chi connectivity index (χ1v) is 13.7. The first-order chi connectivity index (χ1) is 18.7. The van der Waals surface area contributed by atoms with Crippen molar-refractivity contribution in [2.45, 2.75) is 76.1 Å². The second-order valence-corrected chi connectivity index (χ2v) is 10.7. The molecule has 1 aliphatic carbocycles. The van der Waals surface area contributed by atoms with Crippen LogP contribution in [0.15, 0.2) is 24.3 Å². The van der Waals surface area contributed by atoms with E-state index in [1.54, 1.807) is 31.4 Å². The van der Waals surface area contributed by atoms with Gasteiger partial charge in [-0.05, 0) is 37.0 Å². The van der Waals surface area contributed by atoms with Crippen LogP contribution in [0, 0.1) is 11.8 Å². The van der Waals surface area contributed by atoms with E-state index < -0.39 is 47.9 Å². The average molecular weight is 543 g/mol. The van der Waals surface area contributed by atoms with Gasteiger partial charge in [-0.15, -0.1) is 0 Å². The SMILES string of the molecule is COc1ccc(CC(NC(=O)C(C)NC(=O)C2CNC(=O)C2)C(=O)NC(CC2CCCC2)C(=O)C2CO2)cc1. The number of amides is 4. The third kappa shape index (κ3) is 8.01. The van der Waals surface area contributed by atoms with E-state index in [9.17, 15) is 24.0 Å². The van der Waals surface area contributed by atoms with Crippen LogP contribution in [0.5, 0.6) is 5.75 Å². The number of carbonyl (C=O) groups excluding carboxylic acids is 5. The summed E-state index contributed by atoms with van der Waals surface area (Å²) in [6, 6.07) is 4.53. The summed E-state index contributed by atoms with van der Waals surface area (Å²) in [5.74, 6) is -1.28. The van der Waals surface area contributed by atoms with Crippen molar-refractivity contribution in [3.63, 3.8) is 0 Å². The third-order valence-electron chi connectivity index (χ3n) is 7.69. The zero-order valence-corrected chi connectivity index (χ0v) is 22.5. The van der Waals surface area contributed by atoms with E-state index >= 15 is 0 Å². The van der Waals surface area contributed by atoms with Crippen molar-refractivity contribution in [3.8, 4) is 5.75 Å². The molecule has 4 amide bonds. The fourth-order valence-electron chi connectivity index (χ4n) is 5.23. The Balaban J connectivity index is 1.44. The van der Waals surface area contributed by atoms with Crippen molar-refractivity contribution >= 4 is 29.4 Å². The molecule has 5 atom stereocenters. The van der Waals surface area contributed by atoms with E-state index in [0.29, 0.717) is 24.7 Å². The lowest BCUT2D eigenvalue weighted by Crippen LogP contribution is -2.56. The number of Topliss-reactive ketones (excluding diaryl/α,β-unsaturated/α-hetero) is 1. The number of rotatable bonds is 13. The van der Waals surface area contributed by atoms with Crippen LogP contribution in [-0.2, 0) is 35.1 Å². The number of carbonyl (C=O) groups is 5. The maximum Gasteiger partial charge on any atom is 0.243 e. The molecule has 212 valence electrons. The fraction of sp³-hybridized carbons (Fsp3) is 0.607. The number of methoxy groups -OCH3 is 1. The number of ether oxygens (including phenoxy) is 2. The normalized spacial score (nSPS) is 22.8. The van der Waals surface area contributed by atoms with E-state index in [1.807, 2.05) is 0 Å². The summed E-state index contributed by atoms with van der Waals surface area (Å²) in [7, 11) is 1.56. The number of ketones is 1. The Bertz CT molecular complexity index is 1070. The molecule has 1 aromatic carbocycles. The molecule has 4 N–H and O–H groups in total. The third-order valence-corrected chi connectivity index (χ3v) is 7.69. The molecule has 5 unspecified atom stereocenters. The van der Waals surface area contributed by atoms with Crippen molar-refractivity contribution in [2.24, 2.45) is 11.8 Å². The van der Waals surface area contributed by atoms with Crippen molar-refractivity contribution < 1.29 is 33.4 Å². The first-order valence-electron chi connectivity index (χ1n) is 13.7. The van der Waals surface area contributed by atoms with Crippen LogP contribution in [-0.4, -0.2) is 73.9 Å². The molecule has 0 radical (unpaired) electrons. The Kier molecular flexibility index (Phi) is 9.55. The van der Waals surface area contributed by atoms with E-state index in [0.717, 1.165) is 31.2 Å². The van der Waals surface area contributed by atoms with Crippen molar-refractivity contribution in [1.82, 2.24) is 21.3 Å². The lowest BCUT2D eigenvalue weighted by Gasteiger charge is -2.26. The van der Waals surface area contributed by atoms with Crippen LogP contribution in [0.3, 0.4) is 0 Å². The Hall–Kier alpha value is -3.47. The molecule has 11 nitrogen and oxygen atoms in total. The smallest absolute Gasteiger partial charge is 0.243 e. The van der Waals surface area contributed by atoms with E-state index in [4.69, 9.17) is 9.47 Å². The van der Waals surface area contributed by atoms with Gasteiger partial charge in [0.05, 0.1) is 25.7 Å². The molecule has 0 aromatic heterocycles. The summed E-state index contributed by atoms with van der Waals surface area (Å²) in [4.78, 5) is 63.6. The van der Waals surface area contributed by atoms with Gasteiger partial charge in [-0.25, -0.2) is 0 Å². The van der Waals surface area contributed by atoms with Gasteiger partial charge in [0.15, 0.2) is 5.78 Å². The predicted octanol–water partition coefficient (Wildman–Crippen LogP) is 0.396. The van der Waals surface area contributed by atoms with Gasteiger partial charge in [0.1, 0.15) is 23.9 Å². The standard InChI is InChI=1S/C28H38N4O7/c1-16(30-27(36)19-13-24(33)29-14-19)26(35)32-22(12-18-7-9-20(38-2)10-8-18)28(37)31-21(25(34)23-15-39-23)11-17-5-3-4-6-17/h7-10,16-17,19,21-23H,3-6,11-15H2,1-2H3,(H,29,33)(H,30,36)(H,31,37)(H,32,35). The minimum atomic E-state index is -0.987. The molecular weight excluding hydrogens is 504 g/mol. The fourth-order valence-corrected chi connectivity index (χ4v) is 5.23.